The molecule has 0 aliphatic carbocycles. The van der Waals surface area contributed by atoms with E-state index in [1.54, 1.807) is 0 Å². The smallest absolute Gasteiger partial charge is 0.230 e. The summed E-state index contributed by atoms with van der Waals surface area (Å²) in [5, 5.41) is 0. The summed E-state index contributed by atoms with van der Waals surface area (Å²) in [7, 11) is 0. The van der Waals surface area contributed by atoms with Crippen LogP contribution in [0.1, 0.15) is 32.1 Å². The van der Waals surface area contributed by atoms with Gasteiger partial charge in [-0.15, -0.1) is 24.8 Å². The van der Waals surface area contributed by atoms with Crippen LogP contribution in [0.5, 0.6) is 0 Å². The topological polar surface area (TPSA) is 58.8 Å². The first-order valence-electron chi connectivity index (χ1n) is 8.53. The van der Waals surface area contributed by atoms with Crippen LogP contribution in [-0.4, -0.2) is 68.2 Å². The van der Waals surface area contributed by atoms with Crippen LogP contribution in [0.4, 0.5) is 0 Å². The van der Waals surface area contributed by atoms with E-state index in [0.29, 0.717) is 25.7 Å². The van der Waals surface area contributed by atoms with Crippen molar-refractivity contribution in [2.45, 2.75) is 32.1 Å². The molecule has 23 heavy (non-hydrogen) atoms. The third kappa shape index (κ3) is 4.73. The van der Waals surface area contributed by atoms with Crippen LogP contribution in [-0.2, 0) is 9.53 Å². The van der Waals surface area contributed by atoms with Gasteiger partial charge in [0.2, 0.25) is 5.91 Å². The van der Waals surface area contributed by atoms with Gasteiger partial charge in [-0.3, -0.25) is 4.79 Å². The lowest BCUT2D eigenvalue weighted by Crippen LogP contribution is -2.50. The summed E-state index contributed by atoms with van der Waals surface area (Å²) in [5.74, 6) is 0.943. The summed E-state index contributed by atoms with van der Waals surface area (Å²) in [4.78, 5) is 17.6. The Hall–Kier alpha value is -0.0700. The molecule has 7 heteroatoms. The van der Waals surface area contributed by atoms with Gasteiger partial charge >= 0.3 is 0 Å². The van der Waals surface area contributed by atoms with Gasteiger partial charge in [0.1, 0.15) is 0 Å². The Bertz CT molecular complexity index is 372. The van der Waals surface area contributed by atoms with Crippen molar-refractivity contribution in [2.24, 2.45) is 17.1 Å². The van der Waals surface area contributed by atoms with E-state index in [-0.39, 0.29) is 36.1 Å². The Morgan fingerprint density at radius 2 is 1.78 bits per heavy atom. The number of amides is 1. The molecule has 1 unspecified atom stereocenters. The van der Waals surface area contributed by atoms with Crippen LogP contribution >= 0.6 is 24.8 Å². The highest BCUT2D eigenvalue weighted by molar-refractivity contribution is 5.85. The van der Waals surface area contributed by atoms with Crippen molar-refractivity contribution >= 4 is 30.7 Å². The fourth-order valence-corrected chi connectivity index (χ4v) is 4.10. The van der Waals surface area contributed by atoms with Gasteiger partial charge in [-0.25, -0.2) is 0 Å². The molecule has 5 nitrogen and oxygen atoms in total. The van der Waals surface area contributed by atoms with Crippen LogP contribution in [0, 0.1) is 11.3 Å². The van der Waals surface area contributed by atoms with E-state index in [2.05, 4.69) is 9.80 Å². The normalized spacial score (nSPS) is 27.3. The van der Waals surface area contributed by atoms with Gasteiger partial charge in [0.15, 0.2) is 0 Å². The predicted octanol–water partition coefficient (Wildman–Crippen LogP) is 1.53. The number of hydrogen-bond donors (Lipinski definition) is 1. The molecule has 1 amide bonds. The van der Waals surface area contributed by atoms with Crippen LogP contribution in [0.3, 0.4) is 0 Å². The van der Waals surface area contributed by atoms with E-state index < -0.39 is 0 Å². The van der Waals surface area contributed by atoms with Crippen molar-refractivity contribution in [2.75, 3.05) is 52.5 Å². The molecule has 0 spiro atoms. The monoisotopic (exact) mass is 367 g/mol. The predicted molar refractivity (Wildman–Crippen MR) is 96.4 cm³/mol. The van der Waals surface area contributed by atoms with E-state index in [1.165, 1.54) is 32.5 Å². The molecule has 3 saturated heterocycles. The largest absolute Gasteiger partial charge is 0.381 e. The number of carbonyl (C=O) groups excluding carboxylic acids is 1. The Balaban J connectivity index is 0.00000132. The second-order valence-corrected chi connectivity index (χ2v) is 7.01. The number of nitrogens with two attached hydrogens (primary N) is 1. The average Bonchev–Trinajstić information content (AvgIpc) is 3.19. The van der Waals surface area contributed by atoms with Crippen molar-refractivity contribution < 1.29 is 9.53 Å². The molecule has 3 rings (SSSR count). The first-order valence-corrected chi connectivity index (χ1v) is 8.53. The Kier molecular flexibility index (Phi) is 8.59. The minimum Gasteiger partial charge on any atom is -0.381 e. The highest BCUT2D eigenvalue weighted by Crippen LogP contribution is 2.33. The first-order chi connectivity index (χ1) is 10.2. The van der Waals surface area contributed by atoms with Crippen molar-refractivity contribution in [1.82, 2.24) is 9.80 Å². The Morgan fingerprint density at radius 1 is 1.13 bits per heavy atom. The third-order valence-electron chi connectivity index (χ3n) is 5.58. The number of carbonyl (C=O) groups is 1. The number of rotatable bonds is 4. The van der Waals surface area contributed by atoms with Gasteiger partial charge in [-0.05, 0) is 51.1 Å². The lowest BCUT2D eigenvalue weighted by atomic mass is 9.79. The van der Waals surface area contributed by atoms with Crippen molar-refractivity contribution in [1.29, 1.82) is 0 Å². The molecular formula is C16H31Cl2N3O2. The fourth-order valence-electron chi connectivity index (χ4n) is 4.10. The van der Waals surface area contributed by atoms with Gasteiger partial charge in [-0.2, -0.15) is 0 Å². The van der Waals surface area contributed by atoms with Crippen molar-refractivity contribution in [3.05, 3.63) is 0 Å². The third-order valence-corrected chi connectivity index (χ3v) is 5.58. The number of ether oxygens (including phenoxy) is 1. The zero-order valence-corrected chi connectivity index (χ0v) is 15.5. The molecule has 1 atom stereocenters. The maximum absolute atomic E-state index is 12.9. The summed E-state index contributed by atoms with van der Waals surface area (Å²) in [6, 6.07) is 0. The molecule has 3 fully saturated rings. The van der Waals surface area contributed by atoms with E-state index in [0.717, 1.165) is 32.4 Å². The molecule has 0 saturated carbocycles. The molecule has 0 aromatic heterocycles. The van der Waals surface area contributed by atoms with Gasteiger partial charge in [0, 0.05) is 39.4 Å². The highest BCUT2D eigenvalue weighted by atomic mass is 35.5. The molecule has 3 heterocycles. The number of nitrogens with zero attached hydrogens (tertiary/aromatic N) is 2. The fraction of sp³-hybridized carbons (Fsp3) is 0.938. The van der Waals surface area contributed by atoms with Crippen molar-refractivity contribution in [3.8, 4) is 0 Å². The molecular weight excluding hydrogens is 337 g/mol. The number of halogens is 2. The second kappa shape index (κ2) is 9.42. The minimum atomic E-state index is -0.346. The molecule has 0 aromatic carbocycles. The average molecular weight is 368 g/mol. The zero-order valence-electron chi connectivity index (χ0n) is 13.9. The summed E-state index contributed by atoms with van der Waals surface area (Å²) in [6.07, 6.45) is 5.40. The maximum atomic E-state index is 12.9. The van der Waals surface area contributed by atoms with Gasteiger partial charge < -0.3 is 20.3 Å². The lowest BCUT2D eigenvalue weighted by molar-refractivity contribution is -0.146. The van der Waals surface area contributed by atoms with Crippen LogP contribution < -0.4 is 5.73 Å². The van der Waals surface area contributed by atoms with E-state index >= 15 is 0 Å². The van der Waals surface area contributed by atoms with Crippen LogP contribution in [0.2, 0.25) is 0 Å². The zero-order chi connectivity index (χ0) is 14.7. The van der Waals surface area contributed by atoms with E-state index in [9.17, 15) is 4.79 Å². The minimum absolute atomic E-state index is 0. The number of hydrogen-bond acceptors (Lipinski definition) is 4. The van der Waals surface area contributed by atoms with Crippen molar-refractivity contribution in [3.63, 3.8) is 0 Å². The van der Waals surface area contributed by atoms with Crippen LogP contribution in [0.25, 0.3) is 0 Å². The summed E-state index contributed by atoms with van der Waals surface area (Å²) in [6.45, 7) is 7.31. The lowest BCUT2D eigenvalue weighted by Gasteiger charge is -2.37. The Labute approximate surface area is 152 Å². The quantitative estimate of drug-likeness (QED) is 0.818. The van der Waals surface area contributed by atoms with Gasteiger partial charge in [-0.1, -0.05) is 0 Å². The summed E-state index contributed by atoms with van der Waals surface area (Å²) >= 11 is 0. The standard InChI is InChI=1S/C16H29N3O2.2ClH/c17-13-16(4-9-21-10-5-16)15(20)19-8-3-14(12-19)11-18-6-1-2-7-18;;/h14H,1-13,17H2;2*1H. The SMILES string of the molecule is Cl.Cl.NCC1(C(=O)N2CCC(CN3CCCC3)C2)CCOCC1. The molecule has 2 N–H and O–H groups in total. The van der Waals surface area contributed by atoms with Crippen LogP contribution in [0.15, 0.2) is 0 Å². The molecule has 136 valence electrons. The number of likely N-dealkylation sites (tertiary alicyclic amines) is 2. The molecule has 0 bridgehead atoms. The molecule has 0 aromatic rings. The molecule has 3 aliphatic heterocycles. The Morgan fingerprint density at radius 3 is 2.39 bits per heavy atom. The molecule has 0 radical (unpaired) electrons. The van der Waals surface area contributed by atoms with Gasteiger partial charge in [0.05, 0.1) is 5.41 Å². The van der Waals surface area contributed by atoms with Gasteiger partial charge in [0.25, 0.3) is 0 Å². The second-order valence-electron chi connectivity index (χ2n) is 7.01. The first kappa shape index (κ1) is 21.0. The van der Waals surface area contributed by atoms with E-state index in [1.807, 2.05) is 0 Å². The summed E-state index contributed by atoms with van der Waals surface area (Å²) in [5.41, 5.74) is 5.62. The molecule has 3 aliphatic rings. The maximum Gasteiger partial charge on any atom is 0.230 e. The van der Waals surface area contributed by atoms with E-state index in [4.69, 9.17) is 10.5 Å². The highest BCUT2D eigenvalue weighted by Gasteiger charge is 2.43. The summed E-state index contributed by atoms with van der Waals surface area (Å²) < 4.78 is 5.42.